The maximum atomic E-state index is 12.6. The van der Waals surface area contributed by atoms with Gasteiger partial charge in [0, 0.05) is 21.2 Å². The van der Waals surface area contributed by atoms with E-state index >= 15 is 0 Å². The quantitative estimate of drug-likeness (QED) is 0.292. The standard InChI is InChI=1S/C19H13Cl3O4/c1-9-15(26-19(24)10(2)20)7-6-11-17(23)16(25-18(9)11)8-12-13(21)4-3-5-14(12)22/h3-8,10H,1-2H3/b16-8-. The van der Waals surface area contributed by atoms with Gasteiger partial charge < -0.3 is 9.47 Å². The summed E-state index contributed by atoms with van der Waals surface area (Å²) in [6.07, 6.45) is 1.50. The maximum absolute atomic E-state index is 12.6. The first-order valence-electron chi connectivity index (χ1n) is 7.67. The molecule has 26 heavy (non-hydrogen) atoms. The van der Waals surface area contributed by atoms with Crippen molar-refractivity contribution < 1.29 is 19.1 Å². The van der Waals surface area contributed by atoms with E-state index in [9.17, 15) is 9.59 Å². The number of rotatable bonds is 3. The van der Waals surface area contributed by atoms with Crippen molar-refractivity contribution in [2.45, 2.75) is 19.2 Å². The number of carbonyl (C=O) groups is 2. The molecule has 0 bridgehead atoms. The third-order valence-corrected chi connectivity index (χ3v) is 4.68. The zero-order chi connectivity index (χ0) is 19.0. The summed E-state index contributed by atoms with van der Waals surface area (Å²) in [4.78, 5) is 24.3. The number of halogens is 3. The van der Waals surface area contributed by atoms with E-state index in [1.165, 1.54) is 19.1 Å². The fourth-order valence-corrected chi connectivity index (χ4v) is 3.00. The van der Waals surface area contributed by atoms with Gasteiger partial charge in [0.05, 0.1) is 5.56 Å². The Kier molecular flexibility index (Phi) is 5.28. The molecule has 0 aliphatic carbocycles. The Hall–Kier alpha value is -2.01. The van der Waals surface area contributed by atoms with Crippen LogP contribution in [-0.4, -0.2) is 17.1 Å². The number of fused-ring (bicyclic) bond motifs is 1. The molecule has 2 aromatic rings. The molecule has 0 fully saturated rings. The van der Waals surface area contributed by atoms with E-state index in [1.54, 1.807) is 31.2 Å². The molecule has 4 nitrogen and oxygen atoms in total. The van der Waals surface area contributed by atoms with Crippen LogP contribution < -0.4 is 9.47 Å². The molecule has 0 radical (unpaired) electrons. The lowest BCUT2D eigenvalue weighted by Gasteiger charge is -2.10. The molecule has 1 aliphatic heterocycles. The molecular formula is C19H13Cl3O4. The SMILES string of the molecule is Cc1c(OC(=O)C(C)Cl)ccc2c1O/C(=C\c1c(Cl)cccc1Cl)C2=O. The number of hydrogen-bond acceptors (Lipinski definition) is 4. The summed E-state index contributed by atoms with van der Waals surface area (Å²) in [6.45, 7) is 3.21. The van der Waals surface area contributed by atoms with E-state index in [0.29, 0.717) is 32.5 Å². The van der Waals surface area contributed by atoms with Crippen LogP contribution in [0.4, 0.5) is 0 Å². The van der Waals surface area contributed by atoms with Crippen molar-refractivity contribution in [3.63, 3.8) is 0 Å². The minimum atomic E-state index is -0.789. The second-order valence-electron chi connectivity index (χ2n) is 5.68. The van der Waals surface area contributed by atoms with Crippen LogP contribution in [0.5, 0.6) is 11.5 Å². The summed E-state index contributed by atoms with van der Waals surface area (Å²) in [5.41, 5.74) is 1.39. The van der Waals surface area contributed by atoms with Gasteiger partial charge in [0.25, 0.3) is 0 Å². The summed E-state index contributed by atoms with van der Waals surface area (Å²) in [7, 11) is 0. The summed E-state index contributed by atoms with van der Waals surface area (Å²) in [6, 6.07) is 8.13. The van der Waals surface area contributed by atoms with Crippen molar-refractivity contribution in [3.05, 3.63) is 62.8 Å². The topological polar surface area (TPSA) is 52.6 Å². The number of carbonyl (C=O) groups excluding carboxylic acids is 2. The summed E-state index contributed by atoms with van der Waals surface area (Å²) in [5, 5.41) is 0.0163. The van der Waals surface area contributed by atoms with Crippen LogP contribution in [0.25, 0.3) is 6.08 Å². The van der Waals surface area contributed by atoms with E-state index in [-0.39, 0.29) is 17.3 Å². The Balaban J connectivity index is 1.98. The Bertz CT molecular complexity index is 928. The number of alkyl halides is 1. The van der Waals surface area contributed by atoms with Crippen LogP contribution in [0.3, 0.4) is 0 Å². The lowest BCUT2D eigenvalue weighted by Crippen LogP contribution is -2.18. The highest BCUT2D eigenvalue weighted by molar-refractivity contribution is 6.37. The Morgan fingerprint density at radius 3 is 2.46 bits per heavy atom. The van der Waals surface area contributed by atoms with Crippen LogP contribution >= 0.6 is 34.8 Å². The zero-order valence-corrected chi connectivity index (χ0v) is 16.1. The minimum Gasteiger partial charge on any atom is -0.452 e. The molecule has 0 saturated heterocycles. The predicted molar refractivity (Wildman–Crippen MR) is 102 cm³/mol. The summed E-state index contributed by atoms with van der Waals surface area (Å²) < 4.78 is 11.0. The van der Waals surface area contributed by atoms with E-state index in [2.05, 4.69) is 0 Å². The molecule has 1 unspecified atom stereocenters. The fourth-order valence-electron chi connectivity index (χ4n) is 2.45. The van der Waals surface area contributed by atoms with Crippen LogP contribution in [0.1, 0.15) is 28.4 Å². The van der Waals surface area contributed by atoms with Gasteiger partial charge in [0.1, 0.15) is 16.9 Å². The van der Waals surface area contributed by atoms with Gasteiger partial charge in [0.2, 0.25) is 5.78 Å². The van der Waals surface area contributed by atoms with Crippen LogP contribution in [-0.2, 0) is 4.79 Å². The molecular weight excluding hydrogens is 399 g/mol. The summed E-state index contributed by atoms with van der Waals surface area (Å²) >= 11 is 18.0. The van der Waals surface area contributed by atoms with Gasteiger partial charge in [0.15, 0.2) is 5.76 Å². The maximum Gasteiger partial charge on any atom is 0.329 e. The smallest absolute Gasteiger partial charge is 0.329 e. The van der Waals surface area contributed by atoms with Crippen LogP contribution in [0.15, 0.2) is 36.1 Å². The van der Waals surface area contributed by atoms with Crippen molar-refractivity contribution >= 4 is 52.6 Å². The molecule has 2 aromatic carbocycles. The molecule has 1 aliphatic rings. The van der Waals surface area contributed by atoms with Gasteiger partial charge in [-0.05, 0) is 44.2 Å². The molecule has 0 spiro atoms. The number of allylic oxidation sites excluding steroid dienone is 1. The van der Waals surface area contributed by atoms with Crippen molar-refractivity contribution in [2.24, 2.45) is 0 Å². The number of ketones is 1. The van der Waals surface area contributed by atoms with Gasteiger partial charge >= 0.3 is 5.97 Å². The van der Waals surface area contributed by atoms with Gasteiger partial charge in [-0.2, -0.15) is 0 Å². The lowest BCUT2D eigenvalue weighted by molar-refractivity contribution is -0.133. The van der Waals surface area contributed by atoms with E-state index < -0.39 is 11.3 Å². The highest BCUT2D eigenvalue weighted by atomic mass is 35.5. The van der Waals surface area contributed by atoms with Gasteiger partial charge in [-0.25, -0.2) is 0 Å². The van der Waals surface area contributed by atoms with Gasteiger partial charge in [-0.3, -0.25) is 9.59 Å². The average molecular weight is 412 g/mol. The second kappa shape index (κ2) is 7.31. The fraction of sp³-hybridized carbons (Fsp3) is 0.158. The average Bonchev–Trinajstić information content (AvgIpc) is 2.90. The normalized spacial score (nSPS) is 15.6. The van der Waals surface area contributed by atoms with Gasteiger partial charge in [-0.1, -0.05) is 29.3 Å². The molecule has 3 rings (SSSR count). The van der Waals surface area contributed by atoms with Crippen molar-refractivity contribution in [2.75, 3.05) is 0 Å². The molecule has 0 saturated carbocycles. The molecule has 0 aromatic heterocycles. The zero-order valence-electron chi connectivity index (χ0n) is 13.8. The van der Waals surface area contributed by atoms with E-state index in [0.717, 1.165) is 0 Å². The molecule has 1 heterocycles. The Labute approximate surface area is 165 Å². The first-order valence-corrected chi connectivity index (χ1v) is 8.86. The monoisotopic (exact) mass is 410 g/mol. The number of esters is 1. The molecule has 0 amide bonds. The van der Waals surface area contributed by atoms with Crippen LogP contribution in [0, 0.1) is 6.92 Å². The third kappa shape index (κ3) is 3.45. The van der Waals surface area contributed by atoms with Crippen LogP contribution in [0.2, 0.25) is 10.0 Å². The molecule has 134 valence electrons. The number of benzene rings is 2. The largest absolute Gasteiger partial charge is 0.452 e. The number of ether oxygens (including phenoxy) is 2. The van der Waals surface area contributed by atoms with E-state index in [1.807, 2.05) is 0 Å². The van der Waals surface area contributed by atoms with Crippen molar-refractivity contribution in [1.82, 2.24) is 0 Å². The number of hydrogen-bond donors (Lipinski definition) is 0. The van der Waals surface area contributed by atoms with E-state index in [4.69, 9.17) is 44.3 Å². The van der Waals surface area contributed by atoms with Crippen molar-refractivity contribution in [3.8, 4) is 11.5 Å². The predicted octanol–water partition coefficient (Wildman–Crippen LogP) is 5.45. The van der Waals surface area contributed by atoms with Gasteiger partial charge in [-0.15, -0.1) is 11.6 Å². The Morgan fingerprint density at radius 1 is 1.19 bits per heavy atom. The lowest BCUT2D eigenvalue weighted by atomic mass is 10.1. The third-order valence-electron chi connectivity index (χ3n) is 3.85. The minimum absolute atomic E-state index is 0.0901. The van der Waals surface area contributed by atoms with Crippen molar-refractivity contribution in [1.29, 1.82) is 0 Å². The highest BCUT2D eigenvalue weighted by Crippen LogP contribution is 2.40. The second-order valence-corrected chi connectivity index (χ2v) is 7.15. The molecule has 0 N–H and O–H groups in total. The highest BCUT2D eigenvalue weighted by Gasteiger charge is 2.31. The first kappa shape index (κ1) is 18.8. The Morgan fingerprint density at radius 2 is 1.85 bits per heavy atom. The molecule has 7 heteroatoms. The molecule has 1 atom stereocenters. The summed E-state index contributed by atoms with van der Waals surface area (Å²) in [5.74, 6) is -0.185. The number of Topliss-reactive ketones (excluding diaryl/α,β-unsaturated/α-hetero) is 1. The first-order chi connectivity index (χ1) is 12.3.